The second-order valence-corrected chi connectivity index (χ2v) is 4.02. The van der Waals surface area contributed by atoms with E-state index in [1.54, 1.807) is 0 Å². The van der Waals surface area contributed by atoms with Gasteiger partial charge in [0, 0.05) is 0 Å². The molecular formula is H4Al4Cl7O12P3. The number of rotatable bonds is 0. The van der Waals surface area contributed by atoms with Gasteiger partial charge in [0.15, 0.2) is 0 Å². The molecule has 0 aliphatic carbocycles. The van der Waals surface area contributed by atoms with Crippen LogP contribution in [0.15, 0.2) is 0 Å². The van der Waals surface area contributed by atoms with Crippen molar-refractivity contribution in [1.82, 2.24) is 0 Å². The van der Waals surface area contributed by atoms with Gasteiger partial charge < -0.3 is 95.0 Å². The summed E-state index contributed by atoms with van der Waals surface area (Å²) in [5.41, 5.74) is 0. The third kappa shape index (κ3) is 1070. The van der Waals surface area contributed by atoms with Crippen molar-refractivity contribution in [1.29, 1.82) is 0 Å². The van der Waals surface area contributed by atoms with E-state index in [4.69, 9.17) is 57.7 Å². The maximum absolute atomic E-state index is 8.55. The van der Waals surface area contributed by atoms with Gasteiger partial charge in [-0.2, -0.15) is 23.5 Å². The Morgan fingerprint density at radius 1 is 0.346 bits per heavy atom. The monoisotopic (exact) mass is 642 g/mol. The molecule has 0 rings (SSSR count). The number of hydrogen-bond acceptors (Lipinski definition) is 12. The Hall–Kier alpha value is 4.49. The number of phosphoric acid groups is 3. The van der Waals surface area contributed by atoms with Crippen LogP contribution >= 0.6 is 73.1 Å². The van der Waals surface area contributed by atoms with Crippen LogP contribution in [0.2, 0.25) is 0 Å². The van der Waals surface area contributed by atoms with Crippen LogP contribution in [0.1, 0.15) is 0 Å². The summed E-state index contributed by atoms with van der Waals surface area (Å²) in [5.74, 6) is 0. The molecule has 152 valence electrons. The van der Waals surface area contributed by atoms with Crippen molar-refractivity contribution in [3.63, 3.8) is 0 Å². The molecule has 0 unspecified atom stereocenters. The molecule has 0 aliphatic heterocycles. The summed E-state index contributed by atoms with van der Waals surface area (Å²) in [6, 6.07) is 0. The van der Waals surface area contributed by atoms with Gasteiger partial charge in [-0.1, -0.05) is 0 Å². The van der Waals surface area contributed by atoms with Crippen LogP contribution in [0.3, 0.4) is 0 Å². The van der Waals surface area contributed by atoms with Crippen molar-refractivity contribution in [2.24, 2.45) is 0 Å². The van der Waals surface area contributed by atoms with Gasteiger partial charge in [0.05, 0.1) is 0 Å². The molecule has 0 heterocycles. The maximum Gasteiger partial charge on any atom is 3.00 e. The summed E-state index contributed by atoms with van der Waals surface area (Å²) >= 11 is 0. The average molecular weight is 645 g/mol. The SMILES string of the molecule is Cl.Cl.Cl.Cl.O=P([O-])([O-])[O-].O=P([O-])([O-])[O-].O=P([O-])([O-])[O-].[Al+3].[Al+3].[Al+3].[Al+3].[Cl-].[Cl-].[Cl-]. The first-order valence-electron chi connectivity index (χ1n) is 2.19. The first-order chi connectivity index (χ1) is 6.00. The quantitative estimate of drug-likeness (QED) is 0.176. The summed E-state index contributed by atoms with van der Waals surface area (Å²) < 4.78 is 25.6. The average Bonchev–Trinajstić information content (AvgIpc) is 1.41. The summed E-state index contributed by atoms with van der Waals surface area (Å²) in [7, 11) is -16.2. The molecule has 0 atom stereocenters. The zero-order valence-corrected chi connectivity index (χ0v) is 24.2. The number of hydrogen-bond donors (Lipinski definition) is 0. The van der Waals surface area contributed by atoms with Crippen molar-refractivity contribution in [3.05, 3.63) is 0 Å². The molecule has 0 fully saturated rings. The van der Waals surface area contributed by atoms with Crippen molar-refractivity contribution >= 4 is 143 Å². The standard InChI is InChI=1S/4Al.7ClH.3H3O4P/c;;;;;;;;;;;3*1-5(2,3)4/h;;;;7*1H;3*(H3,1,2,3,4)/q4*+3;;;;;;;;;;/p-12. The molecule has 0 aromatic rings. The van der Waals surface area contributed by atoms with Crippen molar-refractivity contribution in [2.45, 2.75) is 0 Å². The molecule has 0 amide bonds. The van der Waals surface area contributed by atoms with E-state index >= 15 is 0 Å². The molecule has 12 nitrogen and oxygen atoms in total. The molecule has 0 saturated carbocycles. The Balaban J connectivity index is -0.00000000571. The van der Waals surface area contributed by atoms with E-state index in [2.05, 4.69) is 0 Å². The zero-order chi connectivity index (χ0) is 13.5. The van der Waals surface area contributed by atoms with E-state index in [0.717, 1.165) is 0 Å². The molecule has 0 aliphatic rings. The molecule has 0 saturated heterocycles. The normalized spacial score (nSPS) is 6.81. The van der Waals surface area contributed by atoms with Crippen LogP contribution in [-0.4, -0.2) is 69.4 Å². The van der Waals surface area contributed by atoms with E-state index in [0.29, 0.717) is 0 Å². The van der Waals surface area contributed by atoms with Gasteiger partial charge >= 0.3 is 69.4 Å². The fourth-order valence-corrected chi connectivity index (χ4v) is 0. The Morgan fingerprint density at radius 3 is 0.346 bits per heavy atom. The van der Waals surface area contributed by atoms with E-state index in [9.17, 15) is 0 Å². The van der Waals surface area contributed by atoms with Gasteiger partial charge in [0.2, 0.25) is 0 Å². The minimum Gasteiger partial charge on any atom is -1.00 e. The summed E-state index contributed by atoms with van der Waals surface area (Å²) in [5, 5.41) is 0. The van der Waals surface area contributed by atoms with Crippen LogP contribution in [-0.2, 0) is 13.7 Å². The van der Waals surface area contributed by atoms with Gasteiger partial charge in [-0.3, -0.25) is 0 Å². The van der Waals surface area contributed by atoms with Gasteiger partial charge in [-0.05, 0) is 0 Å². The first kappa shape index (κ1) is 97.5. The van der Waals surface area contributed by atoms with Crippen molar-refractivity contribution in [2.75, 3.05) is 0 Å². The minimum atomic E-state index is -5.39. The molecule has 0 spiro atoms. The van der Waals surface area contributed by atoms with Crippen LogP contribution in [0.25, 0.3) is 0 Å². The topological polar surface area (TPSA) is 259 Å². The molecule has 26 heteroatoms. The smallest absolute Gasteiger partial charge is 1.00 e. The van der Waals surface area contributed by atoms with E-state index in [1.165, 1.54) is 0 Å². The molecule has 0 N–H and O–H groups in total. The summed E-state index contributed by atoms with van der Waals surface area (Å²) in [6.45, 7) is 0. The Labute approximate surface area is 235 Å². The van der Waals surface area contributed by atoms with Gasteiger partial charge in [-0.25, -0.2) is 0 Å². The Kier molecular flexibility index (Phi) is 177. The second kappa shape index (κ2) is 47.3. The van der Waals surface area contributed by atoms with E-state index in [-0.39, 0.29) is 156 Å². The molecule has 0 aromatic carbocycles. The second-order valence-electron chi connectivity index (χ2n) is 1.34. The fraction of sp³-hybridized carbons (Fsp3) is 0. The maximum atomic E-state index is 8.55. The molecular weight excluding hydrogens is 641 g/mol. The molecule has 0 aromatic heterocycles. The first-order valence-corrected chi connectivity index (χ1v) is 6.57. The molecule has 0 bridgehead atoms. The Morgan fingerprint density at radius 2 is 0.346 bits per heavy atom. The van der Waals surface area contributed by atoms with Crippen molar-refractivity contribution in [3.8, 4) is 0 Å². The van der Waals surface area contributed by atoms with Crippen LogP contribution < -0.4 is 81.3 Å². The van der Waals surface area contributed by atoms with Crippen LogP contribution in [0.4, 0.5) is 0 Å². The van der Waals surface area contributed by atoms with Gasteiger partial charge in [0.1, 0.15) is 0 Å². The predicted molar refractivity (Wildman–Crippen MR) is 74.8 cm³/mol. The minimum absolute atomic E-state index is 0. The number of halogens is 7. The van der Waals surface area contributed by atoms with Crippen molar-refractivity contribution < 1.29 is 95.0 Å². The van der Waals surface area contributed by atoms with E-state index in [1.807, 2.05) is 0 Å². The Bertz CT molecular complexity index is 233. The van der Waals surface area contributed by atoms with Crippen LogP contribution in [0.5, 0.6) is 0 Å². The summed E-state index contributed by atoms with van der Waals surface area (Å²) in [6.07, 6.45) is 0. The largest absolute Gasteiger partial charge is 3.00 e. The van der Waals surface area contributed by atoms with E-state index < -0.39 is 23.5 Å². The predicted octanol–water partition coefficient (Wildman–Crippen LogP) is -17.3. The molecule has 0 radical (unpaired) electrons. The third-order valence-corrected chi connectivity index (χ3v) is 0. The fourth-order valence-electron chi connectivity index (χ4n) is 0. The molecule has 26 heavy (non-hydrogen) atoms. The third-order valence-electron chi connectivity index (χ3n) is 0. The van der Waals surface area contributed by atoms with Gasteiger partial charge in [0.25, 0.3) is 0 Å². The van der Waals surface area contributed by atoms with Gasteiger partial charge in [-0.15, -0.1) is 49.6 Å². The van der Waals surface area contributed by atoms with Crippen LogP contribution in [0, 0.1) is 0 Å². The zero-order valence-electron chi connectivity index (χ0n) is 11.3. The summed E-state index contributed by atoms with van der Waals surface area (Å²) in [4.78, 5) is 76.9.